The molecule has 0 fully saturated rings. The van der Waals surface area contributed by atoms with Gasteiger partial charge in [-0.05, 0) is 29.3 Å². The first-order valence-electron chi connectivity index (χ1n) is 9.67. The zero-order chi connectivity index (χ0) is 24.3. The molecule has 11 heteroatoms. The second-order valence-corrected chi connectivity index (χ2v) is 7.99. The summed E-state index contributed by atoms with van der Waals surface area (Å²) >= 11 is 11.8. The summed E-state index contributed by atoms with van der Waals surface area (Å²) in [6.45, 7) is -0.214. The predicted octanol–water partition coefficient (Wildman–Crippen LogP) is 4.67. The molecular weight excluding hydrogens is 484 g/mol. The molecule has 1 atom stereocenters. The number of alkyl halides is 3. The van der Waals surface area contributed by atoms with E-state index in [1.54, 1.807) is 6.07 Å². The zero-order valence-corrected chi connectivity index (χ0v) is 18.8. The van der Waals surface area contributed by atoms with Crippen molar-refractivity contribution in [1.82, 2.24) is 10.2 Å². The summed E-state index contributed by atoms with van der Waals surface area (Å²) in [6.07, 6.45) is -4.74. The molecule has 0 bridgehead atoms. The Kier molecular flexibility index (Phi) is 7.56. The number of benzene rings is 2. The topological polar surface area (TPSA) is 78.9 Å². The van der Waals surface area contributed by atoms with Crippen molar-refractivity contribution in [1.29, 1.82) is 0 Å². The van der Waals surface area contributed by atoms with Crippen molar-refractivity contribution in [3.05, 3.63) is 80.5 Å². The van der Waals surface area contributed by atoms with Gasteiger partial charge in [0.05, 0.1) is 33.8 Å². The number of carbonyl (C=O) groups excluding carboxylic acids is 2. The van der Waals surface area contributed by atoms with Crippen molar-refractivity contribution in [3.8, 4) is 0 Å². The molecule has 1 aliphatic rings. The van der Waals surface area contributed by atoms with Crippen LogP contribution in [0.25, 0.3) is 0 Å². The Hall–Kier alpha value is -2.75. The molecule has 176 valence electrons. The fraction of sp³-hybridized carbons (Fsp3) is 0.273. The lowest BCUT2D eigenvalue weighted by atomic mass is 9.93. The average Bonchev–Trinajstić information content (AvgIpc) is 3.02. The third-order valence-electron chi connectivity index (χ3n) is 5.08. The van der Waals surface area contributed by atoms with Crippen LogP contribution in [0, 0.1) is 0 Å². The smallest absolute Gasteiger partial charge is 0.416 e. The molecule has 33 heavy (non-hydrogen) atoms. The van der Waals surface area contributed by atoms with E-state index in [9.17, 15) is 27.9 Å². The Bertz CT molecular complexity index is 1110. The fourth-order valence-corrected chi connectivity index (χ4v) is 3.87. The molecule has 0 spiro atoms. The highest BCUT2D eigenvalue weighted by Gasteiger charge is 2.46. The number of halogens is 5. The van der Waals surface area contributed by atoms with Gasteiger partial charge in [-0.15, -0.1) is 0 Å². The molecule has 2 N–H and O–H groups in total. The molecule has 3 rings (SSSR count). The second-order valence-electron chi connectivity index (χ2n) is 7.17. The summed E-state index contributed by atoms with van der Waals surface area (Å²) in [5, 5.41) is 13.6. The van der Waals surface area contributed by atoms with Gasteiger partial charge in [0.25, 0.3) is 11.8 Å². The quantitative estimate of drug-likeness (QED) is 0.576. The van der Waals surface area contributed by atoms with E-state index in [0.29, 0.717) is 10.6 Å². The molecule has 0 radical (unpaired) electrons. The van der Waals surface area contributed by atoms with E-state index in [0.717, 1.165) is 11.0 Å². The summed E-state index contributed by atoms with van der Waals surface area (Å²) in [7, 11) is 1.36. The number of nitrogens with one attached hydrogen (secondary N) is 1. The Morgan fingerprint density at radius 3 is 2.52 bits per heavy atom. The number of carbonyl (C=O) groups is 2. The lowest BCUT2D eigenvalue weighted by Crippen LogP contribution is -2.36. The number of ether oxygens (including phenoxy) is 1. The zero-order valence-electron chi connectivity index (χ0n) is 17.2. The van der Waals surface area contributed by atoms with Gasteiger partial charge in [0.2, 0.25) is 0 Å². The number of amides is 2. The summed E-state index contributed by atoms with van der Waals surface area (Å²) in [4.78, 5) is 26.7. The van der Waals surface area contributed by atoms with Crippen LogP contribution in [-0.4, -0.2) is 42.1 Å². The van der Waals surface area contributed by atoms with Crippen molar-refractivity contribution >= 4 is 35.0 Å². The fourth-order valence-electron chi connectivity index (χ4n) is 3.55. The second kappa shape index (κ2) is 10.0. The van der Waals surface area contributed by atoms with Crippen LogP contribution in [0.4, 0.5) is 13.2 Å². The molecule has 0 aliphatic carbocycles. The van der Waals surface area contributed by atoms with E-state index in [1.807, 2.05) is 0 Å². The number of aliphatic hydroxyl groups is 1. The molecule has 0 aromatic heterocycles. The maximum Gasteiger partial charge on any atom is 0.416 e. The van der Waals surface area contributed by atoms with Crippen LogP contribution in [0.15, 0.2) is 53.8 Å². The molecule has 2 aromatic carbocycles. The van der Waals surface area contributed by atoms with Crippen LogP contribution in [-0.2, 0) is 27.0 Å². The van der Waals surface area contributed by atoms with Crippen molar-refractivity contribution in [2.75, 3.05) is 20.3 Å². The SMILES string of the molecule is COCCN1C(=O)C(O)=C(C(=O)NCc2ccc(Cl)c(Cl)c2)C1c1ccccc1C(F)(F)F. The van der Waals surface area contributed by atoms with E-state index in [1.165, 1.54) is 37.4 Å². The maximum absolute atomic E-state index is 13.7. The van der Waals surface area contributed by atoms with Gasteiger partial charge in [-0.3, -0.25) is 9.59 Å². The highest BCUT2D eigenvalue weighted by molar-refractivity contribution is 6.42. The Labute approximate surface area is 197 Å². The normalized spacial score (nSPS) is 16.5. The van der Waals surface area contributed by atoms with Crippen molar-refractivity contribution in [2.45, 2.75) is 18.8 Å². The minimum Gasteiger partial charge on any atom is -0.503 e. The van der Waals surface area contributed by atoms with Crippen molar-refractivity contribution in [2.24, 2.45) is 0 Å². The number of hydrogen-bond acceptors (Lipinski definition) is 4. The number of aliphatic hydroxyl groups excluding tert-OH is 1. The Balaban J connectivity index is 1.99. The minimum absolute atomic E-state index is 0.0120. The Morgan fingerprint density at radius 2 is 1.88 bits per heavy atom. The monoisotopic (exact) mass is 502 g/mol. The molecular formula is C22H19Cl2F3N2O4. The summed E-state index contributed by atoms with van der Waals surface area (Å²) in [5.74, 6) is -2.78. The van der Waals surface area contributed by atoms with Crippen molar-refractivity contribution < 1.29 is 32.6 Å². The minimum atomic E-state index is -4.74. The summed E-state index contributed by atoms with van der Waals surface area (Å²) in [6, 6.07) is 7.78. The first kappa shape index (κ1) is 24.9. The van der Waals surface area contributed by atoms with Crippen LogP contribution >= 0.6 is 23.2 Å². The number of methoxy groups -OCH3 is 1. The van der Waals surface area contributed by atoms with E-state index >= 15 is 0 Å². The molecule has 2 aromatic rings. The van der Waals surface area contributed by atoms with Gasteiger partial charge in [-0.2, -0.15) is 13.2 Å². The van der Waals surface area contributed by atoms with E-state index in [2.05, 4.69) is 5.32 Å². The van der Waals surface area contributed by atoms with E-state index < -0.39 is 40.9 Å². The van der Waals surface area contributed by atoms with Gasteiger partial charge in [-0.25, -0.2) is 0 Å². The molecule has 1 aliphatic heterocycles. The maximum atomic E-state index is 13.7. The summed E-state index contributed by atoms with van der Waals surface area (Å²) < 4.78 is 46.1. The molecule has 0 saturated heterocycles. The molecule has 2 amide bonds. The number of nitrogens with zero attached hydrogens (tertiary/aromatic N) is 1. The molecule has 1 heterocycles. The third kappa shape index (κ3) is 5.26. The van der Waals surface area contributed by atoms with Crippen LogP contribution in [0.3, 0.4) is 0 Å². The predicted molar refractivity (Wildman–Crippen MR) is 116 cm³/mol. The molecule has 6 nitrogen and oxygen atoms in total. The van der Waals surface area contributed by atoms with Gasteiger partial charge in [-0.1, -0.05) is 47.5 Å². The van der Waals surface area contributed by atoms with Gasteiger partial charge in [0, 0.05) is 20.2 Å². The van der Waals surface area contributed by atoms with E-state index in [4.69, 9.17) is 27.9 Å². The highest BCUT2D eigenvalue weighted by Crippen LogP contribution is 2.43. The third-order valence-corrected chi connectivity index (χ3v) is 5.82. The lowest BCUT2D eigenvalue weighted by molar-refractivity contribution is -0.140. The van der Waals surface area contributed by atoms with Crippen LogP contribution in [0.2, 0.25) is 10.0 Å². The first-order valence-corrected chi connectivity index (χ1v) is 10.4. The molecule has 1 unspecified atom stereocenters. The molecule has 0 saturated carbocycles. The standard InChI is InChI=1S/C22H19Cl2F3N2O4/c1-33-9-8-29-18(13-4-2-3-5-14(13)22(25,26)27)17(19(30)21(29)32)20(31)28-11-12-6-7-15(23)16(24)10-12/h2-7,10,18,30H,8-9,11H2,1H3,(H,28,31). The van der Waals surface area contributed by atoms with Gasteiger partial charge in [0.15, 0.2) is 5.76 Å². The lowest BCUT2D eigenvalue weighted by Gasteiger charge is -2.28. The van der Waals surface area contributed by atoms with Crippen LogP contribution in [0.1, 0.15) is 22.7 Å². The summed E-state index contributed by atoms with van der Waals surface area (Å²) in [5.41, 5.74) is -1.27. The average molecular weight is 503 g/mol. The number of hydrogen-bond donors (Lipinski definition) is 2. The van der Waals surface area contributed by atoms with Crippen LogP contribution in [0.5, 0.6) is 0 Å². The highest BCUT2D eigenvalue weighted by atomic mass is 35.5. The van der Waals surface area contributed by atoms with Gasteiger partial charge >= 0.3 is 6.18 Å². The Morgan fingerprint density at radius 1 is 1.18 bits per heavy atom. The first-order chi connectivity index (χ1) is 15.6. The largest absolute Gasteiger partial charge is 0.503 e. The van der Waals surface area contributed by atoms with E-state index in [-0.39, 0.29) is 30.3 Å². The van der Waals surface area contributed by atoms with Crippen molar-refractivity contribution in [3.63, 3.8) is 0 Å². The van der Waals surface area contributed by atoms with Crippen LogP contribution < -0.4 is 5.32 Å². The number of rotatable bonds is 7. The van der Waals surface area contributed by atoms with Gasteiger partial charge in [0.1, 0.15) is 0 Å². The van der Waals surface area contributed by atoms with Gasteiger partial charge < -0.3 is 20.1 Å².